The summed E-state index contributed by atoms with van der Waals surface area (Å²) >= 11 is 0. The van der Waals surface area contributed by atoms with E-state index in [2.05, 4.69) is 72.1 Å². The van der Waals surface area contributed by atoms with Gasteiger partial charge in [0.25, 0.3) is 5.91 Å². The highest BCUT2D eigenvalue weighted by Gasteiger charge is 2.48. The highest BCUT2D eigenvalue weighted by Crippen LogP contribution is 2.45. The van der Waals surface area contributed by atoms with Gasteiger partial charge in [0.05, 0.1) is 36.3 Å². The van der Waals surface area contributed by atoms with Gasteiger partial charge < -0.3 is 34.4 Å². The smallest absolute Gasteiger partial charge is 0.352 e. The molecular formula is C48H71N5O6Si. The maximum Gasteiger partial charge on any atom is 0.352 e. The number of para-hydroxylation sites is 2. The molecule has 2 aromatic heterocycles. The molecule has 1 aliphatic rings. The molecule has 4 aromatic rings. The van der Waals surface area contributed by atoms with Crippen LogP contribution in [0.15, 0.2) is 60.7 Å². The van der Waals surface area contributed by atoms with E-state index in [1.54, 1.807) is 19.9 Å². The number of carbonyl (C=O) groups excluding carboxylic acids is 2. The summed E-state index contributed by atoms with van der Waals surface area (Å²) < 4.78 is 10.7. The van der Waals surface area contributed by atoms with Crippen molar-refractivity contribution in [2.45, 2.75) is 168 Å². The number of aromatic carboxylic acids is 1. The van der Waals surface area contributed by atoms with Crippen LogP contribution < -0.4 is 10.6 Å². The molecule has 328 valence electrons. The summed E-state index contributed by atoms with van der Waals surface area (Å²) in [4.78, 5) is 38.2. The Kier molecular flexibility index (Phi) is 16.0. The minimum absolute atomic E-state index is 0.163. The van der Waals surface area contributed by atoms with E-state index >= 15 is 0 Å². The third-order valence-electron chi connectivity index (χ3n) is 11.9. The van der Waals surface area contributed by atoms with Gasteiger partial charge in [-0.2, -0.15) is 5.26 Å². The Morgan fingerprint density at radius 3 is 1.80 bits per heavy atom. The molecule has 1 saturated carbocycles. The van der Waals surface area contributed by atoms with Crippen molar-refractivity contribution in [1.29, 1.82) is 5.26 Å². The maximum atomic E-state index is 13.4. The first-order valence-corrected chi connectivity index (χ1v) is 24.0. The number of nitrogens with one attached hydrogen (secondary N) is 2. The Bertz CT molecular complexity index is 2110. The van der Waals surface area contributed by atoms with Crippen LogP contribution in [0, 0.1) is 23.2 Å². The highest BCUT2D eigenvalue weighted by atomic mass is 28.4. The molecule has 12 heteroatoms. The lowest BCUT2D eigenvalue weighted by Crippen LogP contribution is -2.54. The number of hydrogen-bond acceptors (Lipinski definition) is 6. The van der Waals surface area contributed by atoms with Crippen molar-refractivity contribution in [3.63, 3.8) is 0 Å². The molecule has 4 N–H and O–H groups in total. The van der Waals surface area contributed by atoms with Gasteiger partial charge in [0.1, 0.15) is 17.4 Å². The molecule has 0 spiro atoms. The average molecular weight is 842 g/mol. The van der Waals surface area contributed by atoms with E-state index in [-0.39, 0.29) is 30.3 Å². The summed E-state index contributed by atoms with van der Waals surface area (Å²) in [5.74, 6) is -1.38. The van der Waals surface area contributed by atoms with E-state index < -0.39 is 31.5 Å². The van der Waals surface area contributed by atoms with Crippen molar-refractivity contribution in [2.75, 3.05) is 0 Å². The molecule has 0 radical (unpaired) electrons. The van der Waals surface area contributed by atoms with Gasteiger partial charge in [-0.25, -0.2) is 4.79 Å². The van der Waals surface area contributed by atoms with E-state index in [0.717, 1.165) is 41.1 Å². The van der Waals surface area contributed by atoms with Gasteiger partial charge in [0, 0.05) is 27.8 Å². The standard InChI is InChI=1S/C26H36N4O3.C22H35NO3Si/c1-17(2)13-19(15-27)28-24(31)20-10-6-7-11-21(20)29-25(32)23-14-18-9-5-8-12-22(18)30(23)16-26(3,4)33;1-15(2)27(16(3)4,17(5)6)26-22(7,8)14-23-19-12-10-9-11-18(19)13-20(23)21(24)25/h5,8-9,12,14,17,19-21,33H,6-7,10-11,13,16H2,1-4H3,(H,28,31)(H,29,32);9-13,15-17H,14H2,1-8H3,(H,24,25)/t19-,20+,21-;/m0./s1. The Balaban J connectivity index is 0.000000270. The maximum absolute atomic E-state index is 13.4. The molecule has 2 aromatic carbocycles. The molecular weight excluding hydrogens is 771 g/mol. The number of carbonyl (C=O) groups is 3. The number of amides is 2. The fourth-order valence-electron chi connectivity index (χ4n) is 9.51. The van der Waals surface area contributed by atoms with E-state index in [1.807, 2.05) is 77.6 Å². The number of carboxylic acid groups (broad SMARTS) is 1. The molecule has 0 bridgehead atoms. The second-order valence-electron chi connectivity index (χ2n) is 19.4. The van der Waals surface area contributed by atoms with Crippen molar-refractivity contribution in [1.82, 2.24) is 19.8 Å². The number of hydrogen-bond donors (Lipinski definition) is 4. The number of benzene rings is 2. The zero-order valence-corrected chi connectivity index (χ0v) is 39.1. The summed E-state index contributed by atoms with van der Waals surface area (Å²) in [6.45, 7) is 26.1. The fourth-order valence-corrected chi connectivity index (χ4v) is 15.2. The van der Waals surface area contributed by atoms with Gasteiger partial charge in [-0.15, -0.1) is 0 Å². The van der Waals surface area contributed by atoms with E-state index in [9.17, 15) is 29.9 Å². The van der Waals surface area contributed by atoms with Crippen LogP contribution in [0.1, 0.15) is 136 Å². The summed E-state index contributed by atoms with van der Waals surface area (Å²) in [7, 11) is -2.07. The average Bonchev–Trinajstić information content (AvgIpc) is 3.70. The van der Waals surface area contributed by atoms with Crippen LogP contribution in [-0.4, -0.2) is 68.7 Å². The normalized spacial score (nSPS) is 16.9. The lowest BCUT2D eigenvalue weighted by Gasteiger charge is -2.47. The predicted molar refractivity (Wildman–Crippen MR) is 244 cm³/mol. The molecule has 0 saturated heterocycles. The zero-order valence-electron chi connectivity index (χ0n) is 38.1. The van der Waals surface area contributed by atoms with E-state index in [1.165, 1.54) is 0 Å². The summed E-state index contributed by atoms with van der Waals surface area (Å²) in [5, 5.41) is 37.4. The molecule has 2 amide bonds. The summed E-state index contributed by atoms with van der Waals surface area (Å²) in [6.07, 6.45) is 3.86. The van der Waals surface area contributed by atoms with Crippen LogP contribution in [0.25, 0.3) is 21.8 Å². The predicted octanol–water partition coefficient (Wildman–Crippen LogP) is 10.1. The number of fused-ring (bicyclic) bond motifs is 2. The number of rotatable bonds is 16. The second kappa shape index (κ2) is 20.0. The molecule has 11 nitrogen and oxygen atoms in total. The number of aromatic nitrogens is 2. The van der Waals surface area contributed by atoms with Crippen LogP contribution >= 0.6 is 0 Å². The van der Waals surface area contributed by atoms with E-state index in [0.29, 0.717) is 53.3 Å². The van der Waals surface area contributed by atoms with Crippen molar-refractivity contribution in [2.24, 2.45) is 11.8 Å². The lowest BCUT2D eigenvalue weighted by atomic mass is 9.83. The Labute approximate surface area is 359 Å². The van der Waals surface area contributed by atoms with Crippen molar-refractivity contribution in [3.05, 3.63) is 72.1 Å². The number of aliphatic hydroxyl groups is 1. The van der Waals surface area contributed by atoms with Gasteiger partial charge >= 0.3 is 5.97 Å². The van der Waals surface area contributed by atoms with Gasteiger partial charge in [-0.1, -0.05) is 105 Å². The quantitative estimate of drug-likeness (QED) is 0.0818. The van der Waals surface area contributed by atoms with Crippen LogP contribution in [0.5, 0.6) is 0 Å². The number of nitriles is 1. The Morgan fingerprint density at radius 2 is 1.32 bits per heavy atom. The van der Waals surface area contributed by atoms with Crippen molar-refractivity contribution in [3.8, 4) is 6.07 Å². The monoisotopic (exact) mass is 842 g/mol. The first-order chi connectivity index (χ1) is 28.0. The van der Waals surface area contributed by atoms with Gasteiger partial charge in [0.2, 0.25) is 14.2 Å². The molecule has 1 fully saturated rings. The first kappa shape index (κ1) is 48.2. The first-order valence-electron chi connectivity index (χ1n) is 21.8. The molecule has 3 atom stereocenters. The third-order valence-corrected chi connectivity index (χ3v) is 18.2. The van der Waals surface area contributed by atoms with Crippen molar-refractivity contribution < 1.29 is 29.0 Å². The highest BCUT2D eigenvalue weighted by molar-refractivity contribution is 6.77. The molecule has 2 heterocycles. The second-order valence-corrected chi connectivity index (χ2v) is 24.8. The topological polar surface area (TPSA) is 159 Å². The molecule has 0 unspecified atom stereocenters. The van der Waals surface area contributed by atoms with Crippen LogP contribution in [0.4, 0.5) is 0 Å². The SMILES string of the molecule is CC(C)C[C@@H](C#N)NC(=O)[C@@H]1CCCC[C@@H]1NC(=O)c1cc2ccccc2n1CC(C)(C)O.CC(C)[Si](OC(C)(C)Cn1c(C(=O)O)cc2ccccc21)(C(C)C)C(C)C. The zero-order chi connectivity index (χ0) is 44.7. The van der Waals surface area contributed by atoms with E-state index in [4.69, 9.17) is 4.43 Å². The van der Waals surface area contributed by atoms with Crippen LogP contribution in [0.3, 0.4) is 0 Å². The minimum Gasteiger partial charge on any atom is -0.477 e. The van der Waals surface area contributed by atoms with Crippen molar-refractivity contribution >= 4 is 47.9 Å². The van der Waals surface area contributed by atoms with Gasteiger partial charge in [-0.3, -0.25) is 9.59 Å². The lowest BCUT2D eigenvalue weighted by molar-refractivity contribution is -0.127. The third kappa shape index (κ3) is 11.7. The number of nitrogens with zero attached hydrogens (tertiary/aromatic N) is 3. The van der Waals surface area contributed by atoms with Gasteiger partial charge in [0.15, 0.2) is 0 Å². The largest absolute Gasteiger partial charge is 0.477 e. The molecule has 1 aliphatic carbocycles. The van der Waals surface area contributed by atoms with Crippen LogP contribution in [-0.2, 0) is 22.3 Å². The minimum atomic E-state index is -2.07. The molecule has 60 heavy (non-hydrogen) atoms. The molecule has 0 aliphatic heterocycles. The van der Waals surface area contributed by atoms with Crippen LogP contribution in [0.2, 0.25) is 16.6 Å². The molecule has 5 rings (SSSR count). The summed E-state index contributed by atoms with van der Waals surface area (Å²) in [5.41, 5.74) is 2.61. The van der Waals surface area contributed by atoms with Gasteiger partial charge in [-0.05, 0) is 93.8 Å². The Morgan fingerprint density at radius 1 is 0.817 bits per heavy atom. The Hall–Kier alpha value is -4.44. The number of carboxylic acids is 1. The fraction of sp³-hybridized carbons (Fsp3) is 0.583. The summed E-state index contributed by atoms with van der Waals surface area (Å²) in [6, 6.07) is 20.5.